The first-order valence-electron chi connectivity index (χ1n) is 16.0. The molecule has 2 aromatic rings. The second kappa shape index (κ2) is 12.8. The fraction of sp³-hybridized carbons (Fsp3) is 0.618. The molecule has 5 rings (SSSR count). The number of carbonyl (C=O) groups is 2. The number of rotatable bonds is 12. The molecule has 3 aliphatic carbocycles. The summed E-state index contributed by atoms with van der Waals surface area (Å²) in [6.07, 6.45) is 3.94. The minimum atomic E-state index is -2.44. The molecule has 1 aromatic heterocycles. The summed E-state index contributed by atoms with van der Waals surface area (Å²) < 4.78 is 23.7. The third-order valence-corrected chi connectivity index (χ3v) is 9.78. The van der Waals surface area contributed by atoms with Gasteiger partial charge in [0.05, 0.1) is 31.9 Å². The lowest BCUT2D eigenvalue weighted by Crippen LogP contribution is -2.63. The largest absolute Gasteiger partial charge is 0.507 e. The van der Waals surface area contributed by atoms with Crippen molar-refractivity contribution in [3.63, 3.8) is 0 Å². The summed E-state index contributed by atoms with van der Waals surface area (Å²) in [4.78, 5) is 32.6. The third kappa shape index (κ3) is 5.22. The number of hydrogen-bond acceptors (Lipinski definition) is 11. The van der Waals surface area contributed by atoms with Crippen LogP contribution >= 0.6 is 0 Å². The van der Waals surface area contributed by atoms with E-state index in [1.54, 1.807) is 7.11 Å². The van der Waals surface area contributed by atoms with E-state index in [0.29, 0.717) is 36.7 Å². The molecular weight excluding hydrogens is 578 g/mol. The first-order chi connectivity index (χ1) is 21.4. The Morgan fingerprint density at radius 3 is 2.33 bits per heavy atom. The highest BCUT2D eigenvalue weighted by Gasteiger charge is 2.65. The molecule has 45 heavy (non-hydrogen) atoms. The molecule has 1 heterocycles. The number of aromatic nitrogens is 1. The lowest BCUT2D eigenvalue weighted by atomic mass is 9.57. The van der Waals surface area contributed by atoms with Gasteiger partial charge in [0.2, 0.25) is 11.6 Å². The summed E-state index contributed by atoms with van der Waals surface area (Å²) in [5, 5.41) is 28.3. The molecule has 0 spiro atoms. The highest BCUT2D eigenvalue weighted by atomic mass is 16.5. The molecule has 11 heteroatoms. The van der Waals surface area contributed by atoms with Crippen molar-refractivity contribution in [2.45, 2.75) is 77.0 Å². The van der Waals surface area contributed by atoms with Crippen LogP contribution in [0.5, 0.6) is 17.4 Å². The lowest BCUT2D eigenvalue weighted by Gasteiger charge is -2.49. The Balaban J connectivity index is 1.68. The van der Waals surface area contributed by atoms with E-state index in [1.165, 1.54) is 0 Å². The number of nitrogens with zero attached hydrogens (tertiary/aromatic N) is 3. The minimum absolute atomic E-state index is 0.0146. The van der Waals surface area contributed by atoms with Crippen LogP contribution in [0.2, 0.25) is 0 Å². The normalized spacial score (nSPS) is 24.7. The zero-order chi connectivity index (χ0) is 32.8. The Hall–Kier alpha value is -3.41. The summed E-state index contributed by atoms with van der Waals surface area (Å²) in [7, 11) is 9.19. The molecule has 1 fully saturated rings. The monoisotopic (exact) mass is 625 g/mol. The van der Waals surface area contributed by atoms with Crippen LogP contribution in [-0.4, -0.2) is 90.9 Å². The number of ether oxygens (including phenoxy) is 3. The van der Waals surface area contributed by atoms with E-state index < -0.39 is 35.0 Å². The van der Waals surface area contributed by atoms with Gasteiger partial charge in [0.25, 0.3) is 5.88 Å². The van der Waals surface area contributed by atoms with Gasteiger partial charge in [-0.25, -0.2) is 0 Å². The Morgan fingerprint density at radius 1 is 1.07 bits per heavy atom. The first-order valence-corrected chi connectivity index (χ1v) is 16.0. The van der Waals surface area contributed by atoms with Gasteiger partial charge in [0, 0.05) is 28.7 Å². The Bertz CT molecular complexity index is 1490. The van der Waals surface area contributed by atoms with E-state index in [2.05, 4.69) is 23.9 Å². The van der Waals surface area contributed by atoms with Gasteiger partial charge in [-0.05, 0) is 77.9 Å². The summed E-state index contributed by atoms with van der Waals surface area (Å²) >= 11 is 0. The number of Topliss-reactive ketones (excluding diaryl/α,β-unsaturated/α-hetero) is 2. The van der Waals surface area contributed by atoms with Crippen molar-refractivity contribution in [2.75, 3.05) is 48.5 Å². The van der Waals surface area contributed by atoms with Crippen molar-refractivity contribution >= 4 is 17.3 Å². The van der Waals surface area contributed by atoms with Crippen LogP contribution in [0.4, 0.5) is 0 Å². The average molecular weight is 626 g/mol. The number of ketones is 2. The van der Waals surface area contributed by atoms with Crippen LogP contribution in [0.1, 0.15) is 97.8 Å². The standard InChI is InChI=1S/C34H47N3O8/c1-9-11-13-43-23-17-20(18(3)36(4)5)29(42-8)21-15-19-16-22-27(37(6)7)30-26(33(35-45-30)44-14-12-10-2)32(40)34(22,41)31(39)24(19)28(38)25(21)23/h17-19,22,27,38,41H,9-16H2,1-8H3/t18-,19-,22-,27-,34-/m0/s1. The van der Waals surface area contributed by atoms with Gasteiger partial charge < -0.3 is 33.8 Å². The molecule has 5 atom stereocenters. The molecule has 0 amide bonds. The van der Waals surface area contributed by atoms with E-state index in [1.807, 2.05) is 46.1 Å². The summed E-state index contributed by atoms with van der Waals surface area (Å²) in [5.74, 6) is -1.91. The lowest BCUT2D eigenvalue weighted by molar-refractivity contribution is -0.142. The van der Waals surface area contributed by atoms with Crippen molar-refractivity contribution in [2.24, 2.45) is 11.8 Å². The zero-order valence-corrected chi connectivity index (χ0v) is 27.7. The minimum Gasteiger partial charge on any atom is -0.507 e. The number of aliphatic hydroxyl groups excluding tert-OH is 1. The number of benzene rings is 1. The second-order valence-electron chi connectivity index (χ2n) is 13.0. The van der Waals surface area contributed by atoms with E-state index in [-0.39, 0.29) is 41.0 Å². The Morgan fingerprint density at radius 2 is 1.73 bits per heavy atom. The fourth-order valence-corrected chi connectivity index (χ4v) is 7.17. The Labute approximate surface area is 265 Å². The molecule has 1 saturated carbocycles. The molecule has 0 radical (unpaired) electrons. The van der Waals surface area contributed by atoms with Gasteiger partial charge in [-0.2, -0.15) is 0 Å². The number of fused-ring (bicyclic) bond motifs is 4. The molecule has 3 aliphatic rings. The number of unbranched alkanes of at least 4 members (excludes halogenated alkanes) is 2. The van der Waals surface area contributed by atoms with Gasteiger partial charge in [0.15, 0.2) is 11.4 Å². The average Bonchev–Trinajstić information content (AvgIpc) is 3.41. The van der Waals surface area contributed by atoms with Crippen LogP contribution in [0.3, 0.4) is 0 Å². The molecule has 1 aromatic carbocycles. The van der Waals surface area contributed by atoms with Crippen molar-refractivity contribution < 1.29 is 38.5 Å². The van der Waals surface area contributed by atoms with Crippen LogP contribution in [0, 0.1) is 11.8 Å². The van der Waals surface area contributed by atoms with Gasteiger partial charge in [0.1, 0.15) is 22.8 Å². The maximum absolute atomic E-state index is 14.5. The third-order valence-electron chi connectivity index (χ3n) is 9.78. The molecule has 0 aliphatic heterocycles. The number of methoxy groups -OCH3 is 1. The highest BCUT2D eigenvalue weighted by Crippen LogP contribution is 2.57. The quantitative estimate of drug-likeness (QED) is 0.246. The van der Waals surface area contributed by atoms with Crippen molar-refractivity contribution in [1.29, 1.82) is 0 Å². The van der Waals surface area contributed by atoms with Crippen LogP contribution in [0.25, 0.3) is 5.76 Å². The molecule has 246 valence electrons. The summed E-state index contributed by atoms with van der Waals surface area (Å²) in [6.45, 7) is 6.89. The molecular formula is C34H47N3O8. The first kappa shape index (κ1) is 33.0. The topological polar surface area (TPSA) is 135 Å². The predicted molar refractivity (Wildman–Crippen MR) is 168 cm³/mol. The second-order valence-corrected chi connectivity index (χ2v) is 13.0. The molecule has 0 bridgehead atoms. The smallest absolute Gasteiger partial charge is 0.265 e. The van der Waals surface area contributed by atoms with E-state index in [0.717, 1.165) is 36.8 Å². The van der Waals surface area contributed by atoms with Crippen molar-refractivity contribution in [3.05, 3.63) is 39.7 Å². The van der Waals surface area contributed by atoms with E-state index in [4.69, 9.17) is 18.7 Å². The van der Waals surface area contributed by atoms with Crippen molar-refractivity contribution in [3.8, 4) is 17.4 Å². The van der Waals surface area contributed by atoms with Crippen molar-refractivity contribution in [1.82, 2.24) is 15.0 Å². The van der Waals surface area contributed by atoms with Gasteiger partial charge in [-0.3, -0.25) is 14.5 Å². The van der Waals surface area contributed by atoms with Gasteiger partial charge in [-0.15, -0.1) is 0 Å². The van der Waals surface area contributed by atoms with Gasteiger partial charge >= 0.3 is 0 Å². The zero-order valence-electron chi connectivity index (χ0n) is 27.7. The van der Waals surface area contributed by atoms with E-state index in [9.17, 15) is 19.8 Å². The molecule has 2 N–H and O–H groups in total. The molecule has 11 nitrogen and oxygen atoms in total. The van der Waals surface area contributed by atoms with Crippen LogP contribution in [-0.2, 0) is 11.2 Å². The highest BCUT2D eigenvalue weighted by molar-refractivity contribution is 6.26. The van der Waals surface area contributed by atoms with Crippen LogP contribution < -0.4 is 14.2 Å². The fourth-order valence-electron chi connectivity index (χ4n) is 7.17. The SMILES string of the molecule is CCCCOc1cc([C@H](C)N(C)C)c(OC)c2c1C(O)=C1C(=O)[C@]3(O)C(=O)c4c(OCCCC)noc4[C@@H](N(C)C)[C@@H]3C[C@@H]1C2. The molecule has 0 unspecified atom stereocenters. The predicted octanol–water partition coefficient (Wildman–Crippen LogP) is 4.92. The number of hydrogen-bond donors (Lipinski definition) is 2. The van der Waals surface area contributed by atoms with Gasteiger partial charge in [-0.1, -0.05) is 26.7 Å². The molecule has 0 saturated heterocycles. The Kier molecular flexibility index (Phi) is 9.35. The number of aliphatic hydroxyl groups is 2. The maximum Gasteiger partial charge on any atom is 0.265 e. The summed E-state index contributed by atoms with van der Waals surface area (Å²) in [6, 6.07) is 1.21. The van der Waals surface area contributed by atoms with Crippen LogP contribution in [0.15, 0.2) is 16.2 Å². The number of carbonyl (C=O) groups excluding carboxylic acids is 2. The summed E-state index contributed by atoms with van der Waals surface area (Å²) in [5.41, 5.74) is -0.393. The maximum atomic E-state index is 14.5. The van der Waals surface area contributed by atoms with E-state index >= 15 is 0 Å².